The molecular weight excluding hydrogens is 167 g/mol. The summed E-state index contributed by atoms with van der Waals surface area (Å²) in [5, 5.41) is 0. The van der Waals surface area contributed by atoms with E-state index < -0.39 is 0 Å². The van der Waals surface area contributed by atoms with Gasteiger partial charge in [0, 0.05) is 6.07 Å². The number of benzene rings is 1. The van der Waals surface area contributed by atoms with Crippen LogP contribution in [0.25, 0.3) is 0 Å². The van der Waals surface area contributed by atoms with E-state index >= 15 is 0 Å². The fraction of sp³-hybridized carbons (Fsp3) is 0.455. The minimum absolute atomic E-state index is 0.170. The summed E-state index contributed by atoms with van der Waals surface area (Å²) in [5.41, 5.74) is 0.740. The topological polar surface area (TPSA) is 9.23 Å². The normalized spacial score (nSPS) is 10.1. The van der Waals surface area contributed by atoms with Gasteiger partial charge in [-0.2, -0.15) is 0 Å². The smallest absolute Gasteiger partial charge is 0.130 e. The van der Waals surface area contributed by atoms with Gasteiger partial charge in [0.2, 0.25) is 0 Å². The van der Waals surface area contributed by atoms with Gasteiger partial charge in [-0.05, 0) is 24.5 Å². The molecule has 0 N–H and O–H groups in total. The first kappa shape index (κ1) is 10.0. The van der Waals surface area contributed by atoms with Crippen molar-refractivity contribution < 1.29 is 9.13 Å². The van der Waals surface area contributed by atoms with Crippen LogP contribution < -0.4 is 4.74 Å². The van der Waals surface area contributed by atoms with Crippen molar-refractivity contribution in [1.29, 1.82) is 0 Å². The van der Waals surface area contributed by atoms with Crippen molar-refractivity contribution in [2.75, 3.05) is 6.61 Å². The van der Waals surface area contributed by atoms with E-state index in [-0.39, 0.29) is 5.82 Å². The van der Waals surface area contributed by atoms with Crippen LogP contribution in [0.4, 0.5) is 4.39 Å². The van der Waals surface area contributed by atoms with E-state index in [1.54, 1.807) is 6.07 Å². The highest BCUT2D eigenvalue weighted by Crippen LogP contribution is 2.16. The maximum absolute atomic E-state index is 13.2. The summed E-state index contributed by atoms with van der Waals surface area (Å²) >= 11 is 0. The molecule has 1 aromatic rings. The van der Waals surface area contributed by atoms with Gasteiger partial charge >= 0.3 is 0 Å². The Kier molecular flexibility index (Phi) is 3.74. The number of aryl methyl sites for hydroxylation is 1. The Balaban J connectivity index is 2.71. The maximum Gasteiger partial charge on any atom is 0.130 e. The second-order valence-corrected chi connectivity index (χ2v) is 2.96. The van der Waals surface area contributed by atoms with Gasteiger partial charge in [0.05, 0.1) is 6.61 Å². The third-order valence-electron chi connectivity index (χ3n) is 1.88. The van der Waals surface area contributed by atoms with Gasteiger partial charge in [0.25, 0.3) is 0 Å². The highest BCUT2D eigenvalue weighted by atomic mass is 19.1. The Labute approximate surface area is 78.5 Å². The molecule has 0 atom stereocenters. The quantitative estimate of drug-likeness (QED) is 0.695. The lowest BCUT2D eigenvalue weighted by Gasteiger charge is -2.05. The van der Waals surface area contributed by atoms with E-state index in [0.717, 1.165) is 18.4 Å². The molecule has 2 heteroatoms. The van der Waals surface area contributed by atoms with E-state index in [0.29, 0.717) is 12.4 Å². The number of hydrogen-bond donors (Lipinski definition) is 0. The van der Waals surface area contributed by atoms with Gasteiger partial charge in [-0.25, -0.2) is 4.39 Å². The second kappa shape index (κ2) is 4.85. The molecule has 72 valence electrons. The molecule has 0 aliphatic rings. The molecule has 0 radical (unpaired) electrons. The Morgan fingerprint density at radius 2 is 2.08 bits per heavy atom. The van der Waals surface area contributed by atoms with Gasteiger partial charge in [-0.15, -0.1) is 0 Å². The van der Waals surface area contributed by atoms with Crippen LogP contribution in [-0.2, 0) is 6.42 Å². The molecule has 0 saturated carbocycles. The fourth-order valence-electron chi connectivity index (χ4n) is 1.12. The fourth-order valence-corrected chi connectivity index (χ4v) is 1.12. The molecular formula is C11H15FO. The lowest BCUT2D eigenvalue weighted by Crippen LogP contribution is -1.96. The first-order valence-corrected chi connectivity index (χ1v) is 4.69. The van der Waals surface area contributed by atoms with Crippen LogP contribution in [0, 0.1) is 5.82 Å². The zero-order valence-corrected chi connectivity index (χ0v) is 8.14. The van der Waals surface area contributed by atoms with Crippen molar-refractivity contribution in [2.45, 2.75) is 26.7 Å². The van der Waals surface area contributed by atoms with Crippen LogP contribution in [0.5, 0.6) is 5.75 Å². The zero-order valence-electron chi connectivity index (χ0n) is 8.14. The summed E-state index contributed by atoms with van der Waals surface area (Å²) in [6, 6.07) is 5.05. The molecule has 0 aromatic heterocycles. The molecule has 1 rings (SSSR count). The van der Waals surface area contributed by atoms with Gasteiger partial charge < -0.3 is 4.74 Å². The lowest BCUT2D eigenvalue weighted by molar-refractivity contribution is 0.315. The van der Waals surface area contributed by atoms with E-state index in [2.05, 4.69) is 0 Å². The molecule has 0 saturated heterocycles. The van der Waals surface area contributed by atoms with Crippen LogP contribution >= 0.6 is 0 Å². The molecule has 1 nitrogen and oxygen atoms in total. The number of ether oxygens (including phenoxy) is 1. The summed E-state index contributed by atoms with van der Waals surface area (Å²) in [4.78, 5) is 0. The van der Waals surface area contributed by atoms with Gasteiger partial charge in [0.1, 0.15) is 11.6 Å². The number of hydrogen-bond acceptors (Lipinski definition) is 1. The molecule has 0 bridgehead atoms. The van der Waals surface area contributed by atoms with E-state index in [1.165, 1.54) is 6.07 Å². The summed E-state index contributed by atoms with van der Waals surface area (Å²) in [6.45, 7) is 4.60. The van der Waals surface area contributed by atoms with Crippen molar-refractivity contribution in [1.82, 2.24) is 0 Å². The Hall–Kier alpha value is -1.05. The summed E-state index contributed by atoms with van der Waals surface area (Å²) < 4.78 is 18.5. The van der Waals surface area contributed by atoms with Crippen molar-refractivity contribution in [2.24, 2.45) is 0 Å². The van der Waals surface area contributed by atoms with E-state index in [1.807, 2.05) is 19.9 Å². The molecule has 0 amide bonds. The minimum Gasteiger partial charge on any atom is -0.494 e. The number of rotatable bonds is 4. The Morgan fingerprint density at radius 1 is 1.31 bits per heavy atom. The van der Waals surface area contributed by atoms with E-state index in [4.69, 9.17) is 4.74 Å². The SMILES string of the molecule is CCCOc1ccc(CC)c(F)c1. The highest BCUT2D eigenvalue weighted by molar-refractivity contribution is 5.28. The van der Waals surface area contributed by atoms with Crippen LogP contribution in [0.15, 0.2) is 18.2 Å². The summed E-state index contributed by atoms with van der Waals surface area (Å²) in [6.07, 6.45) is 1.66. The maximum atomic E-state index is 13.2. The van der Waals surface area contributed by atoms with Gasteiger partial charge in [-0.1, -0.05) is 19.9 Å². The van der Waals surface area contributed by atoms with Crippen LogP contribution in [-0.4, -0.2) is 6.61 Å². The summed E-state index contributed by atoms with van der Waals surface area (Å²) in [5.74, 6) is 0.452. The van der Waals surface area contributed by atoms with Crippen molar-refractivity contribution in [3.05, 3.63) is 29.6 Å². The number of halogens is 1. The van der Waals surface area contributed by atoms with Crippen molar-refractivity contribution in [3.63, 3.8) is 0 Å². The summed E-state index contributed by atoms with van der Waals surface area (Å²) in [7, 11) is 0. The molecule has 13 heavy (non-hydrogen) atoms. The van der Waals surface area contributed by atoms with Crippen molar-refractivity contribution >= 4 is 0 Å². The third-order valence-corrected chi connectivity index (χ3v) is 1.88. The average Bonchev–Trinajstić information content (AvgIpc) is 2.15. The van der Waals surface area contributed by atoms with Crippen LogP contribution in [0.3, 0.4) is 0 Å². The molecule has 0 unspecified atom stereocenters. The van der Waals surface area contributed by atoms with Crippen LogP contribution in [0.2, 0.25) is 0 Å². The molecule has 1 aromatic carbocycles. The predicted molar refractivity (Wildman–Crippen MR) is 51.6 cm³/mol. The second-order valence-electron chi connectivity index (χ2n) is 2.96. The first-order chi connectivity index (χ1) is 6.27. The lowest BCUT2D eigenvalue weighted by atomic mass is 10.1. The standard InChI is InChI=1S/C11H15FO/c1-3-7-13-10-6-5-9(4-2)11(12)8-10/h5-6,8H,3-4,7H2,1-2H3. The molecule has 0 heterocycles. The molecule has 0 aliphatic carbocycles. The monoisotopic (exact) mass is 182 g/mol. The van der Waals surface area contributed by atoms with Gasteiger partial charge in [-0.3, -0.25) is 0 Å². The van der Waals surface area contributed by atoms with Gasteiger partial charge in [0.15, 0.2) is 0 Å². The van der Waals surface area contributed by atoms with Crippen LogP contribution in [0.1, 0.15) is 25.8 Å². The highest BCUT2D eigenvalue weighted by Gasteiger charge is 2.01. The first-order valence-electron chi connectivity index (χ1n) is 4.69. The largest absolute Gasteiger partial charge is 0.494 e. The van der Waals surface area contributed by atoms with Crippen molar-refractivity contribution in [3.8, 4) is 5.75 Å². The molecule has 0 aliphatic heterocycles. The molecule has 0 spiro atoms. The van der Waals surface area contributed by atoms with E-state index in [9.17, 15) is 4.39 Å². The minimum atomic E-state index is -0.170. The zero-order chi connectivity index (χ0) is 9.68. The molecule has 0 fully saturated rings. The Bertz CT molecular complexity index is 271. The third kappa shape index (κ3) is 2.72. The average molecular weight is 182 g/mol. The predicted octanol–water partition coefficient (Wildman–Crippen LogP) is 3.18. The Morgan fingerprint density at radius 3 is 2.62 bits per heavy atom.